The molecular formula is C35H31N5O8S. The Balaban J connectivity index is 1.17. The van der Waals surface area contributed by atoms with Gasteiger partial charge in [0.15, 0.2) is 23.0 Å². The second-order valence-electron chi connectivity index (χ2n) is 12.3. The van der Waals surface area contributed by atoms with Gasteiger partial charge in [-0.2, -0.15) is 0 Å². The third-order valence-electron chi connectivity index (χ3n) is 9.58. The number of carbonyl (C=O) groups is 3. The normalized spacial score (nSPS) is 15.4. The molecule has 2 aliphatic heterocycles. The Hall–Kier alpha value is -5.76. The molecule has 2 aliphatic rings. The van der Waals surface area contributed by atoms with Gasteiger partial charge in [-0.3, -0.25) is 14.4 Å². The molecule has 1 unspecified atom stereocenters. The third-order valence-corrected chi connectivity index (χ3v) is 10.2. The fraction of sp³-hybridized carbons (Fsp3) is 0.229. The number of anilines is 2. The monoisotopic (exact) mass is 681 g/mol. The van der Waals surface area contributed by atoms with Crippen LogP contribution in [0.4, 0.5) is 11.4 Å². The molecular weight excluding hydrogens is 650 g/mol. The van der Waals surface area contributed by atoms with E-state index in [4.69, 9.17) is 9.47 Å². The summed E-state index contributed by atoms with van der Waals surface area (Å²) >= 11 is 1.06. The van der Waals surface area contributed by atoms with Gasteiger partial charge in [0, 0.05) is 58.4 Å². The SMILES string of the molecule is COc1cc2[nH]c(C(=O)N3CC(C)c4c3cc(O)c3cc(C(=O)N5CCc6c5c(O)c(OC)c5[nH]c(C(=O)SC)cc65)[nH]c43)cc2cc1O. The van der Waals surface area contributed by atoms with Crippen molar-refractivity contribution in [3.05, 3.63) is 64.6 Å². The summed E-state index contributed by atoms with van der Waals surface area (Å²) in [5.74, 6) is -0.839. The fourth-order valence-electron chi connectivity index (χ4n) is 7.36. The number of fused-ring (bicyclic) bond motifs is 7. The number of nitrogens with zero attached hydrogens (tertiary/aromatic N) is 2. The van der Waals surface area contributed by atoms with Crippen molar-refractivity contribution in [2.24, 2.45) is 0 Å². The van der Waals surface area contributed by atoms with Crippen molar-refractivity contribution >= 4 is 72.8 Å². The van der Waals surface area contributed by atoms with Crippen LogP contribution < -0.4 is 19.3 Å². The Morgan fingerprint density at radius 2 is 1.55 bits per heavy atom. The smallest absolute Gasteiger partial charge is 0.274 e. The highest BCUT2D eigenvalue weighted by Crippen LogP contribution is 2.50. The van der Waals surface area contributed by atoms with E-state index in [1.807, 2.05) is 6.92 Å². The number of hydrogen-bond acceptors (Lipinski definition) is 9. The summed E-state index contributed by atoms with van der Waals surface area (Å²) < 4.78 is 10.7. The molecule has 250 valence electrons. The largest absolute Gasteiger partial charge is 0.507 e. The summed E-state index contributed by atoms with van der Waals surface area (Å²) in [5, 5.41) is 34.3. The van der Waals surface area contributed by atoms with E-state index in [9.17, 15) is 29.7 Å². The first-order valence-electron chi connectivity index (χ1n) is 15.5. The first kappa shape index (κ1) is 30.6. The molecule has 49 heavy (non-hydrogen) atoms. The van der Waals surface area contributed by atoms with Gasteiger partial charge < -0.3 is 49.5 Å². The number of phenols is 3. The van der Waals surface area contributed by atoms with Crippen LogP contribution in [0.5, 0.6) is 28.7 Å². The first-order valence-corrected chi connectivity index (χ1v) is 16.7. The Morgan fingerprint density at radius 1 is 0.837 bits per heavy atom. The first-order chi connectivity index (χ1) is 23.5. The summed E-state index contributed by atoms with van der Waals surface area (Å²) in [7, 11) is 2.86. The number of benzene rings is 3. The van der Waals surface area contributed by atoms with Crippen molar-refractivity contribution in [1.82, 2.24) is 15.0 Å². The van der Waals surface area contributed by atoms with Gasteiger partial charge >= 0.3 is 0 Å². The molecule has 0 fully saturated rings. The van der Waals surface area contributed by atoms with E-state index in [0.717, 1.165) is 17.3 Å². The molecule has 8 rings (SSSR count). The number of phenolic OH excluding ortho intramolecular Hbond substituents is 3. The molecule has 0 saturated carbocycles. The van der Waals surface area contributed by atoms with Gasteiger partial charge in [0.1, 0.15) is 17.1 Å². The Morgan fingerprint density at radius 3 is 2.29 bits per heavy atom. The van der Waals surface area contributed by atoms with Crippen LogP contribution in [0.15, 0.2) is 36.4 Å². The van der Waals surface area contributed by atoms with Gasteiger partial charge in [-0.05, 0) is 42.5 Å². The molecule has 2 amide bonds. The van der Waals surface area contributed by atoms with Crippen LogP contribution >= 0.6 is 11.8 Å². The number of carbonyl (C=O) groups excluding carboxylic acids is 3. The van der Waals surface area contributed by atoms with Crippen LogP contribution in [-0.4, -0.2) is 80.8 Å². The standard InChI is InChI=1S/C35H31N5O8S/c1-14-13-40(34(45)20-7-15-8-25(42)26(47-2)11-19(15)36-20)23-12-24(41)18-10-21(37-28(18)27(14)23)33(44)39-6-5-16-17-9-22(35(46)49-4)38-29(17)32(48-3)31(43)30(16)39/h7-12,14,36-38,41-43H,5-6,13H2,1-4H3. The lowest BCUT2D eigenvalue weighted by Crippen LogP contribution is -2.29. The van der Waals surface area contributed by atoms with E-state index < -0.39 is 5.91 Å². The van der Waals surface area contributed by atoms with Gasteiger partial charge in [-0.1, -0.05) is 18.7 Å². The summed E-state index contributed by atoms with van der Waals surface area (Å²) in [6.45, 7) is 2.57. The summed E-state index contributed by atoms with van der Waals surface area (Å²) in [5.41, 5.74) is 4.81. The zero-order chi connectivity index (χ0) is 34.5. The van der Waals surface area contributed by atoms with Crippen LogP contribution in [0.25, 0.3) is 32.7 Å². The maximum atomic E-state index is 14.1. The van der Waals surface area contributed by atoms with Crippen molar-refractivity contribution in [3.63, 3.8) is 0 Å². The minimum Gasteiger partial charge on any atom is -0.507 e. The molecule has 14 heteroatoms. The van der Waals surface area contributed by atoms with Gasteiger partial charge in [-0.15, -0.1) is 0 Å². The molecule has 13 nitrogen and oxygen atoms in total. The third kappa shape index (κ3) is 4.36. The molecule has 0 radical (unpaired) electrons. The molecule has 3 aromatic carbocycles. The van der Waals surface area contributed by atoms with Gasteiger partial charge in [0.25, 0.3) is 11.8 Å². The van der Waals surface area contributed by atoms with Crippen molar-refractivity contribution in [3.8, 4) is 28.7 Å². The lowest BCUT2D eigenvalue weighted by Gasteiger charge is -2.19. The van der Waals surface area contributed by atoms with Crippen molar-refractivity contribution in [2.45, 2.75) is 19.3 Å². The molecule has 6 aromatic rings. The highest BCUT2D eigenvalue weighted by Gasteiger charge is 2.37. The predicted octanol–water partition coefficient (Wildman–Crippen LogP) is 5.73. The molecule has 0 aliphatic carbocycles. The van der Waals surface area contributed by atoms with Crippen LogP contribution in [0.1, 0.15) is 55.4 Å². The van der Waals surface area contributed by atoms with Crippen LogP contribution in [0.3, 0.4) is 0 Å². The summed E-state index contributed by atoms with van der Waals surface area (Å²) in [6, 6.07) is 9.64. The number of rotatable bonds is 5. The number of amides is 2. The van der Waals surface area contributed by atoms with Crippen LogP contribution in [-0.2, 0) is 6.42 Å². The summed E-state index contributed by atoms with van der Waals surface area (Å²) in [6.07, 6.45) is 2.13. The molecule has 6 N–H and O–H groups in total. The summed E-state index contributed by atoms with van der Waals surface area (Å²) in [4.78, 5) is 52.9. The fourth-order valence-corrected chi connectivity index (χ4v) is 7.69. The second kappa shape index (κ2) is 10.9. The zero-order valence-electron chi connectivity index (χ0n) is 26.8. The van der Waals surface area contributed by atoms with Crippen molar-refractivity contribution < 1.29 is 39.2 Å². The van der Waals surface area contributed by atoms with Gasteiger partial charge in [0.2, 0.25) is 5.12 Å². The van der Waals surface area contributed by atoms with E-state index in [1.54, 1.807) is 35.4 Å². The number of aromatic hydroxyl groups is 3. The van der Waals surface area contributed by atoms with Gasteiger partial charge in [-0.25, -0.2) is 0 Å². The maximum absolute atomic E-state index is 14.1. The molecule has 1 atom stereocenters. The van der Waals surface area contributed by atoms with Crippen LogP contribution in [0, 0.1) is 0 Å². The lowest BCUT2D eigenvalue weighted by atomic mass is 10.0. The lowest BCUT2D eigenvalue weighted by molar-refractivity contribution is 0.0977. The minimum atomic E-state index is -0.425. The van der Waals surface area contributed by atoms with E-state index >= 15 is 0 Å². The number of H-pyrrole nitrogens is 3. The highest BCUT2D eigenvalue weighted by molar-refractivity contribution is 8.13. The number of aromatic amines is 3. The molecule has 5 heterocycles. The number of ether oxygens (including phenoxy) is 2. The number of hydrogen-bond donors (Lipinski definition) is 6. The Labute approximate surface area is 282 Å². The maximum Gasteiger partial charge on any atom is 0.274 e. The molecule has 0 bridgehead atoms. The number of aromatic nitrogens is 3. The minimum absolute atomic E-state index is 0.0427. The highest BCUT2D eigenvalue weighted by atomic mass is 32.2. The van der Waals surface area contributed by atoms with Crippen molar-refractivity contribution in [1.29, 1.82) is 0 Å². The molecule has 0 spiro atoms. The molecule has 3 aromatic heterocycles. The number of nitrogens with one attached hydrogen (secondary N) is 3. The topological polar surface area (TPSA) is 184 Å². The average molecular weight is 682 g/mol. The molecule has 0 saturated heterocycles. The average Bonchev–Trinajstić information content (AvgIpc) is 3.92. The second-order valence-corrected chi connectivity index (χ2v) is 13.1. The number of thioether (sulfide) groups is 1. The Kier molecular flexibility index (Phi) is 6.79. The van der Waals surface area contributed by atoms with E-state index in [0.29, 0.717) is 74.0 Å². The Bertz CT molecular complexity index is 2420. The quantitative estimate of drug-likeness (QED) is 0.132. The predicted molar refractivity (Wildman–Crippen MR) is 186 cm³/mol. The van der Waals surface area contributed by atoms with E-state index in [2.05, 4.69) is 15.0 Å². The van der Waals surface area contributed by atoms with Gasteiger partial charge in [0.05, 0.1) is 42.3 Å². The zero-order valence-corrected chi connectivity index (χ0v) is 27.7. The van der Waals surface area contributed by atoms with E-state index in [1.165, 1.54) is 31.3 Å². The van der Waals surface area contributed by atoms with Crippen molar-refractivity contribution in [2.75, 3.05) is 43.4 Å². The van der Waals surface area contributed by atoms with E-state index in [-0.39, 0.29) is 57.9 Å². The number of methoxy groups -OCH3 is 2. The van der Waals surface area contributed by atoms with Crippen LogP contribution in [0.2, 0.25) is 0 Å².